The van der Waals surface area contributed by atoms with Crippen LogP contribution in [0, 0.1) is 11.6 Å². The normalized spacial score (nSPS) is 19.6. The molecule has 0 aliphatic carbocycles. The summed E-state index contributed by atoms with van der Waals surface area (Å²) in [4.78, 5) is 8.00. The number of hydrogen-bond donors (Lipinski definition) is 4. The summed E-state index contributed by atoms with van der Waals surface area (Å²) in [6.07, 6.45) is 5.14. The summed E-state index contributed by atoms with van der Waals surface area (Å²) < 4.78 is 34.6. The first-order chi connectivity index (χ1) is 14.5. The first-order valence-electron chi connectivity index (χ1n) is 9.98. The Morgan fingerprint density at radius 3 is 2.73 bits per heavy atom. The van der Waals surface area contributed by atoms with E-state index in [1.54, 1.807) is 0 Å². The zero-order chi connectivity index (χ0) is 21.5. The van der Waals surface area contributed by atoms with E-state index >= 15 is 0 Å². The third kappa shape index (κ3) is 5.22. The highest BCUT2D eigenvalue weighted by molar-refractivity contribution is 6.09. The number of allylic oxidation sites excluding steroid dienone is 1. The van der Waals surface area contributed by atoms with Crippen LogP contribution >= 0.6 is 0 Å². The second kappa shape index (κ2) is 10.3. The Balaban J connectivity index is 1.89. The molecule has 1 fully saturated rings. The van der Waals surface area contributed by atoms with Gasteiger partial charge in [-0.1, -0.05) is 0 Å². The van der Waals surface area contributed by atoms with Crippen LogP contribution in [-0.4, -0.2) is 51.4 Å². The minimum atomic E-state index is -0.693. The van der Waals surface area contributed by atoms with Gasteiger partial charge in [-0.25, -0.2) is 13.8 Å². The molecule has 30 heavy (non-hydrogen) atoms. The minimum Gasteiger partial charge on any atom is -0.404 e. The first kappa shape index (κ1) is 21.9. The smallest absolute Gasteiger partial charge is 0.149 e. The van der Waals surface area contributed by atoms with Crippen LogP contribution in [0.25, 0.3) is 5.57 Å². The van der Waals surface area contributed by atoms with E-state index in [0.717, 1.165) is 62.4 Å². The standard InChI is InChI=1S/C21H28F2N6O/c1-26-11-13(10-24)15-8-18(23)20(9-17(15)22)29-21(25)16-12-27-5-2-19(16)28-14-3-6-30-7-4-14/h8-11,14,27-28H,2-7,12,24H2,1H3,(H2,25,29). The summed E-state index contributed by atoms with van der Waals surface area (Å²) in [6.45, 7) is 2.77. The van der Waals surface area contributed by atoms with Gasteiger partial charge in [0.05, 0.1) is 0 Å². The number of nitrogens with zero attached hydrogens (tertiary/aromatic N) is 2. The largest absolute Gasteiger partial charge is 0.404 e. The van der Waals surface area contributed by atoms with Gasteiger partial charge in [-0.05, 0) is 18.9 Å². The lowest BCUT2D eigenvalue weighted by molar-refractivity contribution is 0.0800. The molecular formula is C21H28F2N6O. The third-order valence-electron chi connectivity index (χ3n) is 5.16. The molecule has 2 heterocycles. The summed E-state index contributed by atoms with van der Waals surface area (Å²) in [5.41, 5.74) is 13.6. The molecule has 2 aliphatic heterocycles. The summed E-state index contributed by atoms with van der Waals surface area (Å²) in [5, 5.41) is 6.79. The van der Waals surface area contributed by atoms with Gasteiger partial charge in [0, 0.05) is 86.7 Å². The molecule has 0 unspecified atom stereocenters. The van der Waals surface area contributed by atoms with Crippen LogP contribution in [0.2, 0.25) is 0 Å². The van der Waals surface area contributed by atoms with Crippen molar-refractivity contribution < 1.29 is 13.5 Å². The fraction of sp³-hybridized carbons (Fsp3) is 0.429. The average Bonchev–Trinajstić information content (AvgIpc) is 2.75. The summed E-state index contributed by atoms with van der Waals surface area (Å²) in [7, 11) is 1.52. The van der Waals surface area contributed by atoms with Crippen LogP contribution in [0.3, 0.4) is 0 Å². The van der Waals surface area contributed by atoms with Crippen LogP contribution < -0.4 is 22.1 Å². The minimum absolute atomic E-state index is 0.0125. The van der Waals surface area contributed by atoms with Crippen molar-refractivity contribution in [3.63, 3.8) is 0 Å². The lowest BCUT2D eigenvalue weighted by atomic mass is 10.0. The van der Waals surface area contributed by atoms with Gasteiger partial charge in [-0.15, -0.1) is 0 Å². The molecule has 0 radical (unpaired) electrons. The lowest BCUT2D eigenvalue weighted by Crippen LogP contribution is -2.41. The topological polar surface area (TPSA) is 110 Å². The van der Waals surface area contributed by atoms with E-state index in [1.807, 2.05) is 0 Å². The molecule has 0 aromatic heterocycles. The van der Waals surface area contributed by atoms with Crippen LogP contribution in [0.1, 0.15) is 24.8 Å². The van der Waals surface area contributed by atoms with Crippen molar-refractivity contribution in [3.05, 3.63) is 46.8 Å². The van der Waals surface area contributed by atoms with E-state index < -0.39 is 11.6 Å². The van der Waals surface area contributed by atoms with Crippen molar-refractivity contribution in [2.24, 2.45) is 21.5 Å². The molecule has 9 heteroatoms. The molecule has 7 nitrogen and oxygen atoms in total. The van der Waals surface area contributed by atoms with Crippen molar-refractivity contribution in [1.82, 2.24) is 10.6 Å². The maximum absolute atomic E-state index is 14.7. The molecule has 6 N–H and O–H groups in total. The highest BCUT2D eigenvalue weighted by atomic mass is 19.1. The predicted octanol–water partition coefficient (Wildman–Crippen LogP) is 1.97. The molecule has 1 saturated heterocycles. The Kier molecular flexibility index (Phi) is 7.53. The van der Waals surface area contributed by atoms with Crippen molar-refractivity contribution in [2.75, 3.05) is 33.4 Å². The van der Waals surface area contributed by atoms with E-state index in [1.165, 1.54) is 19.5 Å². The van der Waals surface area contributed by atoms with Gasteiger partial charge in [0.1, 0.15) is 23.2 Å². The molecule has 2 aliphatic rings. The number of ether oxygens (including phenoxy) is 1. The number of amidine groups is 1. The van der Waals surface area contributed by atoms with E-state index in [0.29, 0.717) is 12.6 Å². The van der Waals surface area contributed by atoms with Crippen molar-refractivity contribution in [1.29, 1.82) is 0 Å². The third-order valence-corrected chi connectivity index (χ3v) is 5.16. The van der Waals surface area contributed by atoms with E-state index in [4.69, 9.17) is 16.2 Å². The average molecular weight is 418 g/mol. The van der Waals surface area contributed by atoms with Crippen molar-refractivity contribution >= 4 is 23.3 Å². The van der Waals surface area contributed by atoms with Gasteiger partial charge in [-0.3, -0.25) is 4.99 Å². The molecular weight excluding hydrogens is 390 g/mol. The molecule has 0 amide bonds. The highest BCUT2D eigenvalue weighted by Crippen LogP contribution is 2.27. The summed E-state index contributed by atoms with van der Waals surface area (Å²) in [6, 6.07) is 2.38. The number of nitrogens with two attached hydrogens (primary N) is 2. The fourth-order valence-corrected chi connectivity index (χ4v) is 3.56. The van der Waals surface area contributed by atoms with Crippen LogP contribution in [-0.2, 0) is 4.74 Å². The van der Waals surface area contributed by atoms with Gasteiger partial charge in [0.2, 0.25) is 0 Å². The zero-order valence-corrected chi connectivity index (χ0v) is 17.0. The molecule has 0 atom stereocenters. The lowest BCUT2D eigenvalue weighted by Gasteiger charge is -2.29. The molecule has 0 spiro atoms. The first-order valence-corrected chi connectivity index (χ1v) is 9.98. The Hall–Kier alpha value is -2.78. The number of aliphatic imine (C=N–C) groups is 2. The van der Waals surface area contributed by atoms with E-state index in [2.05, 4.69) is 20.6 Å². The molecule has 1 aromatic rings. The second-order valence-electron chi connectivity index (χ2n) is 7.20. The molecule has 0 bridgehead atoms. The van der Waals surface area contributed by atoms with Gasteiger partial charge in [-0.2, -0.15) is 0 Å². The van der Waals surface area contributed by atoms with E-state index in [-0.39, 0.29) is 22.7 Å². The Labute approximate surface area is 175 Å². The Bertz CT molecular complexity index is 888. The number of benzene rings is 1. The highest BCUT2D eigenvalue weighted by Gasteiger charge is 2.21. The zero-order valence-electron chi connectivity index (χ0n) is 17.0. The van der Waals surface area contributed by atoms with Gasteiger partial charge < -0.3 is 26.8 Å². The van der Waals surface area contributed by atoms with E-state index in [9.17, 15) is 8.78 Å². The van der Waals surface area contributed by atoms with Crippen molar-refractivity contribution in [3.8, 4) is 0 Å². The summed E-state index contributed by atoms with van der Waals surface area (Å²) in [5.74, 6) is -1.19. The van der Waals surface area contributed by atoms with Gasteiger partial charge >= 0.3 is 0 Å². The van der Waals surface area contributed by atoms with Crippen LogP contribution in [0.5, 0.6) is 0 Å². The fourth-order valence-electron chi connectivity index (χ4n) is 3.56. The molecule has 0 saturated carbocycles. The molecule has 1 aromatic carbocycles. The monoisotopic (exact) mass is 418 g/mol. The number of rotatable bonds is 6. The second-order valence-corrected chi connectivity index (χ2v) is 7.20. The maximum Gasteiger partial charge on any atom is 0.149 e. The van der Waals surface area contributed by atoms with Gasteiger partial charge in [0.25, 0.3) is 0 Å². The van der Waals surface area contributed by atoms with Crippen LogP contribution in [0.4, 0.5) is 14.5 Å². The SMILES string of the molecule is CN=CC(=CN)c1cc(F)c(N=C(N)C2=C(NC3CCOCC3)CCNC2)cc1F. The van der Waals surface area contributed by atoms with Crippen LogP contribution in [0.15, 0.2) is 39.6 Å². The maximum atomic E-state index is 14.7. The number of hydrogen-bond acceptors (Lipinski definition) is 6. The predicted molar refractivity (Wildman–Crippen MR) is 116 cm³/mol. The van der Waals surface area contributed by atoms with Gasteiger partial charge in [0.15, 0.2) is 0 Å². The van der Waals surface area contributed by atoms with Crippen molar-refractivity contribution in [2.45, 2.75) is 25.3 Å². The summed E-state index contributed by atoms with van der Waals surface area (Å²) >= 11 is 0. The number of halogens is 2. The molecule has 3 rings (SSSR count). The quantitative estimate of drug-likeness (QED) is 0.417. The molecule has 162 valence electrons. The Morgan fingerprint density at radius 2 is 2.03 bits per heavy atom. The number of nitrogens with one attached hydrogen (secondary N) is 2. The Morgan fingerprint density at radius 1 is 1.27 bits per heavy atom.